The van der Waals surface area contributed by atoms with Crippen LogP contribution in [0.1, 0.15) is 13.3 Å². The topological polar surface area (TPSA) is 46.2 Å². The molecule has 0 radical (unpaired) electrons. The minimum Gasteiger partial charge on any atom is -0.396 e. The van der Waals surface area contributed by atoms with Gasteiger partial charge >= 0.3 is 0 Å². The highest BCUT2D eigenvalue weighted by atomic mass is 16.3. The van der Waals surface area contributed by atoms with Gasteiger partial charge in [-0.25, -0.2) is 0 Å². The average Bonchev–Trinajstić information content (AvgIpc) is 1.67. The Hall–Kier alpha value is -0.340. The van der Waals surface area contributed by atoms with Crippen molar-refractivity contribution in [3.05, 3.63) is 12.7 Å². The minimum absolute atomic E-state index is 0.124. The first-order valence-electron chi connectivity index (χ1n) is 2.66. The van der Waals surface area contributed by atoms with E-state index in [0.717, 1.165) is 0 Å². The first-order chi connectivity index (χ1) is 3.62. The zero-order valence-electron chi connectivity index (χ0n) is 5.22. The molecule has 0 aromatic carbocycles. The van der Waals surface area contributed by atoms with Crippen molar-refractivity contribution in [1.82, 2.24) is 0 Å². The molecule has 0 heterocycles. The van der Waals surface area contributed by atoms with Crippen LogP contribution in [-0.4, -0.2) is 17.3 Å². The second-order valence-corrected chi connectivity index (χ2v) is 2.18. The maximum atomic E-state index is 8.41. The Bertz CT molecular complexity index is 78.6. The van der Waals surface area contributed by atoms with Gasteiger partial charge in [0.15, 0.2) is 0 Å². The Morgan fingerprint density at radius 3 is 2.50 bits per heavy atom. The molecule has 2 heteroatoms. The predicted octanol–water partition coefficient (Wildman–Crippen LogP) is 0.272. The molecule has 0 aromatic heterocycles. The van der Waals surface area contributed by atoms with Crippen LogP contribution >= 0.6 is 0 Å². The van der Waals surface area contributed by atoms with Gasteiger partial charge in [-0.15, -0.1) is 6.58 Å². The molecule has 48 valence electrons. The normalized spacial score (nSPS) is 17.4. The molecule has 0 bridgehead atoms. The smallest absolute Gasteiger partial charge is 0.0451 e. The van der Waals surface area contributed by atoms with E-state index in [-0.39, 0.29) is 6.61 Å². The summed E-state index contributed by atoms with van der Waals surface area (Å²) in [4.78, 5) is 0. The van der Waals surface area contributed by atoms with Crippen LogP contribution in [0.15, 0.2) is 12.7 Å². The van der Waals surface area contributed by atoms with E-state index >= 15 is 0 Å². The quantitative estimate of drug-likeness (QED) is 0.519. The van der Waals surface area contributed by atoms with E-state index in [1.54, 1.807) is 6.08 Å². The van der Waals surface area contributed by atoms with Gasteiger partial charge in [0, 0.05) is 12.1 Å². The van der Waals surface area contributed by atoms with Crippen LogP contribution < -0.4 is 5.73 Å². The van der Waals surface area contributed by atoms with Crippen molar-refractivity contribution in [3.63, 3.8) is 0 Å². The van der Waals surface area contributed by atoms with Crippen molar-refractivity contribution >= 4 is 0 Å². The molecule has 1 atom stereocenters. The minimum atomic E-state index is -0.394. The monoisotopic (exact) mass is 115 g/mol. The predicted molar refractivity (Wildman–Crippen MR) is 34.5 cm³/mol. The number of aliphatic hydroxyl groups is 1. The summed E-state index contributed by atoms with van der Waals surface area (Å²) in [7, 11) is 0. The lowest BCUT2D eigenvalue weighted by molar-refractivity contribution is 0.263. The van der Waals surface area contributed by atoms with Crippen molar-refractivity contribution in [2.24, 2.45) is 5.73 Å². The summed E-state index contributed by atoms with van der Waals surface area (Å²) < 4.78 is 0. The number of hydrogen-bond donors (Lipinski definition) is 2. The molecule has 0 amide bonds. The molecule has 0 spiro atoms. The molecule has 2 nitrogen and oxygen atoms in total. The summed E-state index contributed by atoms with van der Waals surface area (Å²) in [6, 6.07) is 0. The summed E-state index contributed by atoms with van der Waals surface area (Å²) >= 11 is 0. The standard InChI is InChI=1S/C6H13NO/c1-3-6(2,7)4-5-8/h3,8H,1,4-5,7H2,2H3/t6-/m0/s1. The van der Waals surface area contributed by atoms with Gasteiger partial charge in [-0.3, -0.25) is 0 Å². The molecule has 0 aliphatic carbocycles. The Kier molecular flexibility index (Phi) is 2.72. The fourth-order valence-corrected chi connectivity index (χ4v) is 0.343. The Morgan fingerprint density at radius 1 is 1.88 bits per heavy atom. The summed E-state index contributed by atoms with van der Waals surface area (Å²) in [5.74, 6) is 0. The number of nitrogens with two attached hydrogens (primary N) is 1. The van der Waals surface area contributed by atoms with Crippen LogP contribution in [0, 0.1) is 0 Å². The molecule has 0 aliphatic heterocycles. The first kappa shape index (κ1) is 7.66. The highest BCUT2D eigenvalue weighted by Crippen LogP contribution is 2.03. The van der Waals surface area contributed by atoms with Crippen LogP contribution in [0.4, 0.5) is 0 Å². The first-order valence-corrected chi connectivity index (χ1v) is 2.66. The molecule has 8 heavy (non-hydrogen) atoms. The second kappa shape index (κ2) is 2.84. The molecule has 0 saturated heterocycles. The average molecular weight is 115 g/mol. The lowest BCUT2D eigenvalue weighted by Crippen LogP contribution is -2.34. The third-order valence-corrected chi connectivity index (χ3v) is 1.12. The van der Waals surface area contributed by atoms with E-state index in [1.165, 1.54) is 0 Å². The highest BCUT2D eigenvalue weighted by Gasteiger charge is 2.10. The largest absolute Gasteiger partial charge is 0.396 e. The van der Waals surface area contributed by atoms with Gasteiger partial charge in [-0.2, -0.15) is 0 Å². The van der Waals surface area contributed by atoms with Crippen molar-refractivity contribution in [2.75, 3.05) is 6.61 Å². The summed E-state index contributed by atoms with van der Waals surface area (Å²) in [5.41, 5.74) is 5.15. The van der Waals surface area contributed by atoms with Crippen molar-refractivity contribution in [3.8, 4) is 0 Å². The SMILES string of the molecule is C=C[C@](C)(N)CCO. The van der Waals surface area contributed by atoms with Gasteiger partial charge in [0.2, 0.25) is 0 Å². The van der Waals surface area contributed by atoms with Crippen molar-refractivity contribution in [1.29, 1.82) is 0 Å². The van der Waals surface area contributed by atoms with Crippen LogP contribution in [0.5, 0.6) is 0 Å². The fraction of sp³-hybridized carbons (Fsp3) is 0.667. The van der Waals surface area contributed by atoms with E-state index in [1.807, 2.05) is 6.92 Å². The molecule has 0 saturated carbocycles. The molecular weight excluding hydrogens is 102 g/mol. The Morgan fingerprint density at radius 2 is 2.38 bits per heavy atom. The lowest BCUT2D eigenvalue weighted by Gasteiger charge is -2.16. The van der Waals surface area contributed by atoms with Crippen LogP contribution in [-0.2, 0) is 0 Å². The van der Waals surface area contributed by atoms with E-state index in [0.29, 0.717) is 6.42 Å². The number of aliphatic hydroxyl groups excluding tert-OH is 1. The van der Waals surface area contributed by atoms with Crippen LogP contribution in [0.2, 0.25) is 0 Å². The van der Waals surface area contributed by atoms with Crippen molar-refractivity contribution < 1.29 is 5.11 Å². The molecular formula is C6H13NO. The number of rotatable bonds is 3. The van der Waals surface area contributed by atoms with E-state index in [2.05, 4.69) is 6.58 Å². The van der Waals surface area contributed by atoms with Crippen LogP contribution in [0.25, 0.3) is 0 Å². The third kappa shape index (κ3) is 2.77. The maximum absolute atomic E-state index is 8.41. The second-order valence-electron chi connectivity index (χ2n) is 2.18. The molecule has 0 rings (SSSR count). The third-order valence-electron chi connectivity index (χ3n) is 1.12. The molecule has 0 aromatic rings. The molecule has 0 aliphatic rings. The number of hydrogen-bond acceptors (Lipinski definition) is 2. The van der Waals surface area contributed by atoms with Gasteiger partial charge in [0.1, 0.15) is 0 Å². The van der Waals surface area contributed by atoms with Gasteiger partial charge < -0.3 is 10.8 Å². The van der Waals surface area contributed by atoms with Crippen molar-refractivity contribution in [2.45, 2.75) is 18.9 Å². The summed E-state index contributed by atoms with van der Waals surface area (Å²) in [5, 5.41) is 8.41. The maximum Gasteiger partial charge on any atom is 0.0451 e. The van der Waals surface area contributed by atoms with Gasteiger partial charge in [0.05, 0.1) is 0 Å². The highest BCUT2D eigenvalue weighted by molar-refractivity contribution is 4.95. The molecule has 3 N–H and O–H groups in total. The fourth-order valence-electron chi connectivity index (χ4n) is 0.343. The lowest BCUT2D eigenvalue weighted by atomic mass is 10.0. The zero-order valence-corrected chi connectivity index (χ0v) is 5.22. The zero-order chi connectivity index (χ0) is 6.62. The van der Waals surface area contributed by atoms with Gasteiger partial charge in [0.25, 0.3) is 0 Å². The Labute approximate surface area is 50.0 Å². The van der Waals surface area contributed by atoms with E-state index in [4.69, 9.17) is 10.8 Å². The summed E-state index contributed by atoms with van der Waals surface area (Å²) in [6.07, 6.45) is 2.22. The Balaban J connectivity index is 3.53. The molecule has 0 fully saturated rings. The molecule has 0 unspecified atom stereocenters. The van der Waals surface area contributed by atoms with Gasteiger partial charge in [-0.1, -0.05) is 6.08 Å². The van der Waals surface area contributed by atoms with Crippen LogP contribution in [0.3, 0.4) is 0 Å². The van der Waals surface area contributed by atoms with Gasteiger partial charge in [-0.05, 0) is 13.3 Å². The van der Waals surface area contributed by atoms with E-state index in [9.17, 15) is 0 Å². The van der Waals surface area contributed by atoms with E-state index < -0.39 is 5.54 Å². The summed E-state index contributed by atoms with van der Waals surface area (Å²) in [6.45, 7) is 5.47.